The van der Waals surface area contributed by atoms with Crippen molar-refractivity contribution in [2.24, 2.45) is 0 Å². The molecule has 0 radical (unpaired) electrons. The molecular formula is C12H19BrN2. The fourth-order valence-corrected chi connectivity index (χ4v) is 1.68. The molecule has 0 amide bonds. The Bertz CT molecular complexity index is 312. The highest BCUT2D eigenvalue weighted by molar-refractivity contribution is 9.10. The number of pyridine rings is 1. The van der Waals surface area contributed by atoms with Gasteiger partial charge in [0, 0.05) is 10.5 Å². The molecule has 3 heteroatoms. The Kier molecular flexibility index (Phi) is 5.09. The maximum absolute atomic E-state index is 4.46. The topological polar surface area (TPSA) is 24.9 Å². The summed E-state index contributed by atoms with van der Waals surface area (Å²) in [5.74, 6) is 0.972. The van der Waals surface area contributed by atoms with Crippen molar-refractivity contribution in [3.8, 4) is 0 Å². The molecule has 1 atom stereocenters. The molecule has 1 N–H and O–H groups in total. The van der Waals surface area contributed by atoms with Gasteiger partial charge in [0.25, 0.3) is 0 Å². The molecule has 15 heavy (non-hydrogen) atoms. The lowest BCUT2D eigenvalue weighted by atomic mass is 10.1. The maximum atomic E-state index is 4.46. The van der Waals surface area contributed by atoms with Crippen molar-refractivity contribution in [2.75, 3.05) is 5.32 Å². The fraction of sp³-hybridized carbons (Fsp3) is 0.583. The first-order valence-corrected chi connectivity index (χ1v) is 6.32. The summed E-state index contributed by atoms with van der Waals surface area (Å²) in [6, 6.07) is 4.55. The number of rotatable bonds is 5. The highest BCUT2D eigenvalue weighted by Gasteiger charge is 2.03. The Labute approximate surface area is 101 Å². The number of hydrogen-bond acceptors (Lipinski definition) is 2. The summed E-state index contributed by atoms with van der Waals surface area (Å²) in [5.41, 5.74) is 1.03. The molecule has 0 spiro atoms. The van der Waals surface area contributed by atoms with Gasteiger partial charge in [-0.25, -0.2) is 4.98 Å². The van der Waals surface area contributed by atoms with Crippen molar-refractivity contribution in [3.05, 3.63) is 22.3 Å². The van der Waals surface area contributed by atoms with Gasteiger partial charge < -0.3 is 5.32 Å². The number of anilines is 1. The van der Waals surface area contributed by atoms with Crippen LogP contribution < -0.4 is 5.32 Å². The summed E-state index contributed by atoms with van der Waals surface area (Å²) in [7, 11) is 0. The van der Waals surface area contributed by atoms with Crippen molar-refractivity contribution in [2.45, 2.75) is 46.1 Å². The third-order valence-electron chi connectivity index (χ3n) is 2.41. The molecule has 1 unspecified atom stereocenters. The van der Waals surface area contributed by atoms with E-state index in [0.717, 1.165) is 16.0 Å². The Morgan fingerprint density at radius 3 is 2.80 bits per heavy atom. The predicted octanol–water partition coefficient (Wildman–Crippen LogP) is 4.14. The Balaban J connectivity index is 2.53. The van der Waals surface area contributed by atoms with Crippen LogP contribution in [0, 0.1) is 6.92 Å². The first kappa shape index (κ1) is 12.5. The van der Waals surface area contributed by atoms with Gasteiger partial charge in [0.1, 0.15) is 5.82 Å². The SMILES string of the molecule is CCCCC(C)Nc1ccc(Br)c(C)n1. The van der Waals surface area contributed by atoms with E-state index in [4.69, 9.17) is 0 Å². The largest absolute Gasteiger partial charge is 0.368 e. The predicted molar refractivity (Wildman–Crippen MR) is 69.3 cm³/mol. The lowest BCUT2D eigenvalue weighted by Gasteiger charge is -2.14. The summed E-state index contributed by atoms with van der Waals surface area (Å²) in [6.45, 7) is 6.43. The van der Waals surface area contributed by atoms with Crippen LogP contribution in [0.25, 0.3) is 0 Å². The van der Waals surface area contributed by atoms with Gasteiger partial charge in [-0.1, -0.05) is 19.8 Å². The molecule has 1 aromatic heterocycles. The highest BCUT2D eigenvalue weighted by atomic mass is 79.9. The molecule has 0 aliphatic rings. The lowest BCUT2D eigenvalue weighted by Crippen LogP contribution is -2.15. The third kappa shape index (κ3) is 4.20. The second kappa shape index (κ2) is 6.11. The van der Waals surface area contributed by atoms with Gasteiger partial charge in [-0.05, 0) is 48.3 Å². The molecule has 1 aromatic rings. The van der Waals surface area contributed by atoms with Crippen molar-refractivity contribution in [3.63, 3.8) is 0 Å². The van der Waals surface area contributed by atoms with Gasteiger partial charge in [0.15, 0.2) is 0 Å². The standard InChI is InChI=1S/C12H19BrN2/c1-4-5-6-9(2)14-12-8-7-11(13)10(3)15-12/h7-9H,4-6H2,1-3H3,(H,14,15). The van der Waals surface area contributed by atoms with Crippen LogP contribution in [0.1, 0.15) is 38.8 Å². The molecule has 84 valence electrons. The number of unbranched alkanes of at least 4 members (excludes halogenated alkanes) is 1. The van der Waals surface area contributed by atoms with E-state index in [1.165, 1.54) is 19.3 Å². The van der Waals surface area contributed by atoms with Gasteiger partial charge in [0.2, 0.25) is 0 Å². The molecule has 0 saturated carbocycles. The maximum Gasteiger partial charge on any atom is 0.126 e. The average molecular weight is 271 g/mol. The summed E-state index contributed by atoms with van der Waals surface area (Å²) in [4.78, 5) is 4.46. The van der Waals surface area contributed by atoms with Crippen LogP contribution in [0.15, 0.2) is 16.6 Å². The molecule has 0 saturated heterocycles. The van der Waals surface area contributed by atoms with Crippen LogP contribution in [0.4, 0.5) is 5.82 Å². The zero-order valence-electron chi connectivity index (χ0n) is 9.68. The van der Waals surface area contributed by atoms with Gasteiger partial charge in [0.05, 0.1) is 5.69 Å². The van der Waals surface area contributed by atoms with Crippen LogP contribution in [0.5, 0.6) is 0 Å². The monoisotopic (exact) mass is 270 g/mol. The summed E-state index contributed by atoms with van der Waals surface area (Å²) < 4.78 is 1.06. The Morgan fingerprint density at radius 2 is 2.20 bits per heavy atom. The number of aromatic nitrogens is 1. The average Bonchev–Trinajstić information content (AvgIpc) is 2.20. The van der Waals surface area contributed by atoms with Crippen LogP contribution in [0.2, 0.25) is 0 Å². The molecule has 0 fully saturated rings. The van der Waals surface area contributed by atoms with E-state index < -0.39 is 0 Å². The summed E-state index contributed by atoms with van der Waals surface area (Å²) in [5, 5.41) is 3.41. The van der Waals surface area contributed by atoms with E-state index in [2.05, 4.69) is 40.1 Å². The minimum Gasteiger partial charge on any atom is -0.368 e. The zero-order valence-corrected chi connectivity index (χ0v) is 11.3. The fourth-order valence-electron chi connectivity index (χ4n) is 1.46. The number of nitrogens with zero attached hydrogens (tertiary/aromatic N) is 1. The van der Waals surface area contributed by atoms with E-state index >= 15 is 0 Å². The molecule has 0 aliphatic heterocycles. The van der Waals surface area contributed by atoms with E-state index in [9.17, 15) is 0 Å². The number of halogens is 1. The van der Waals surface area contributed by atoms with Crippen LogP contribution >= 0.6 is 15.9 Å². The van der Waals surface area contributed by atoms with Gasteiger partial charge in [-0.2, -0.15) is 0 Å². The molecule has 0 aliphatic carbocycles. The lowest BCUT2D eigenvalue weighted by molar-refractivity contribution is 0.643. The first-order valence-electron chi connectivity index (χ1n) is 5.53. The summed E-state index contributed by atoms with van der Waals surface area (Å²) >= 11 is 3.45. The van der Waals surface area contributed by atoms with Gasteiger partial charge >= 0.3 is 0 Å². The van der Waals surface area contributed by atoms with E-state index in [1.807, 2.05) is 19.1 Å². The summed E-state index contributed by atoms with van der Waals surface area (Å²) in [6.07, 6.45) is 3.72. The van der Waals surface area contributed by atoms with Crippen LogP contribution in [-0.2, 0) is 0 Å². The Morgan fingerprint density at radius 1 is 1.47 bits per heavy atom. The molecule has 1 rings (SSSR count). The van der Waals surface area contributed by atoms with Gasteiger partial charge in [-0.15, -0.1) is 0 Å². The van der Waals surface area contributed by atoms with Crippen molar-refractivity contribution >= 4 is 21.7 Å². The van der Waals surface area contributed by atoms with E-state index in [1.54, 1.807) is 0 Å². The number of hydrogen-bond donors (Lipinski definition) is 1. The molecule has 2 nitrogen and oxygen atoms in total. The number of aryl methyl sites for hydroxylation is 1. The van der Waals surface area contributed by atoms with Crippen molar-refractivity contribution < 1.29 is 0 Å². The molecule has 0 aromatic carbocycles. The highest BCUT2D eigenvalue weighted by Crippen LogP contribution is 2.17. The second-order valence-corrected chi connectivity index (χ2v) is 4.81. The van der Waals surface area contributed by atoms with Crippen molar-refractivity contribution in [1.29, 1.82) is 0 Å². The third-order valence-corrected chi connectivity index (χ3v) is 3.24. The first-order chi connectivity index (χ1) is 7.13. The normalized spacial score (nSPS) is 12.5. The second-order valence-electron chi connectivity index (χ2n) is 3.95. The minimum atomic E-state index is 0.498. The Hall–Kier alpha value is -0.570. The molecular weight excluding hydrogens is 252 g/mol. The zero-order chi connectivity index (χ0) is 11.3. The van der Waals surface area contributed by atoms with Crippen LogP contribution in [-0.4, -0.2) is 11.0 Å². The molecule has 0 bridgehead atoms. The quantitative estimate of drug-likeness (QED) is 0.870. The van der Waals surface area contributed by atoms with Crippen LogP contribution in [0.3, 0.4) is 0 Å². The van der Waals surface area contributed by atoms with Crippen molar-refractivity contribution in [1.82, 2.24) is 4.98 Å². The molecule has 1 heterocycles. The van der Waals surface area contributed by atoms with E-state index in [-0.39, 0.29) is 0 Å². The van der Waals surface area contributed by atoms with E-state index in [0.29, 0.717) is 6.04 Å². The minimum absolute atomic E-state index is 0.498. The number of nitrogens with one attached hydrogen (secondary N) is 1. The van der Waals surface area contributed by atoms with Gasteiger partial charge in [-0.3, -0.25) is 0 Å². The smallest absolute Gasteiger partial charge is 0.126 e.